The predicted octanol–water partition coefficient (Wildman–Crippen LogP) is 4.82. The Morgan fingerprint density at radius 1 is 1.25 bits per heavy atom. The van der Waals surface area contributed by atoms with Crippen molar-refractivity contribution < 1.29 is 13.7 Å². The van der Waals surface area contributed by atoms with Gasteiger partial charge in [0, 0.05) is 34.3 Å². The Morgan fingerprint density at radius 2 is 1.90 bits per heavy atom. The summed E-state index contributed by atoms with van der Waals surface area (Å²) in [6.07, 6.45) is 5.95. The summed E-state index contributed by atoms with van der Waals surface area (Å²) in [7, 11) is 1.41. The summed E-state index contributed by atoms with van der Waals surface area (Å²) in [5.74, 6) is 0.670. The molecule has 1 aliphatic rings. The van der Waals surface area contributed by atoms with Gasteiger partial charge in [-0.3, -0.25) is 0 Å². The van der Waals surface area contributed by atoms with E-state index in [1.165, 1.54) is 34.9 Å². The van der Waals surface area contributed by atoms with Gasteiger partial charge in [-0.25, -0.2) is 4.79 Å². The van der Waals surface area contributed by atoms with Crippen LogP contribution >= 0.6 is 30.4 Å². The lowest BCUT2D eigenvalue weighted by atomic mass is 9.94. The third-order valence-corrected chi connectivity index (χ3v) is 4.26. The first-order valence-corrected chi connectivity index (χ1v) is 10.6. The van der Waals surface area contributed by atoms with Gasteiger partial charge in [-0.15, -0.1) is 0 Å². The lowest BCUT2D eigenvalue weighted by Gasteiger charge is -2.39. The highest BCUT2D eigenvalue weighted by Crippen LogP contribution is 2.24. The van der Waals surface area contributed by atoms with Gasteiger partial charge in [0.1, 0.15) is 5.60 Å². The van der Waals surface area contributed by atoms with Crippen LogP contribution in [0.5, 0.6) is 0 Å². The fourth-order valence-electron chi connectivity index (χ4n) is 2.21. The number of amides is 1. The predicted molar refractivity (Wildman–Crippen MR) is 91.9 cm³/mol. The van der Waals surface area contributed by atoms with Gasteiger partial charge >= 0.3 is 6.09 Å². The molecule has 20 heavy (non-hydrogen) atoms. The second-order valence-electron chi connectivity index (χ2n) is 6.34. The number of halogens is 1. The van der Waals surface area contributed by atoms with E-state index in [1.54, 1.807) is 4.90 Å². The van der Waals surface area contributed by atoms with Crippen LogP contribution in [0.2, 0.25) is 0 Å². The number of likely N-dealkylation sites (tertiary alicyclic amines) is 1. The molecule has 0 spiro atoms. The van der Waals surface area contributed by atoms with E-state index in [-0.39, 0.29) is 11.7 Å². The number of nitrogens with zero attached hydrogens (tertiary/aromatic N) is 1. The third kappa shape index (κ3) is 7.93. The molecule has 0 bridgehead atoms. The van der Waals surface area contributed by atoms with Crippen molar-refractivity contribution in [2.24, 2.45) is 5.92 Å². The van der Waals surface area contributed by atoms with Crippen molar-refractivity contribution in [1.29, 1.82) is 0 Å². The number of hydrogen-bond donors (Lipinski definition) is 0. The number of carbonyl (C=O) groups is 1. The zero-order valence-electron chi connectivity index (χ0n) is 12.7. The van der Waals surface area contributed by atoms with E-state index in [9.17, 15) is 4.79 Å². The highest BCUT2D eigenvalue weighted by atomic mass is 127. The topological polar surface area (TPSA) is 38.8 Å². The Hall–Kier alpha value is 0.310. The molecule has 0 aromatic rings. The van der Waals surface area contributed by atoms with Gasteiger partial charge in [0.15, 0.2) is 0 Å². The lowest BCUT2D eigenvalue weighted by molar-refractivity contribution is -0.00243. The number of ether oxygens (including phenoxy) is 1. The molecule has 1 rings (SSSR count). The highest BCUT2D eigenvalue weighted by molar-refractivity contribution is 14.2. The maximum atomic E-state index is 11.8. The quantitative estimate of drug-likeness (QED) is 0.324. The van der Waals surface area contributed by atoms with Crippen LogP contribution in [0.3, 0.4) is 0 Å². The van der Waals surface area contributed by atoms with Crippen LogP contribution in [-0.2, 0) is 8.92 Å². The molecule has 1 aliphatic heterocycles. The second-order valence-corrected chi connectivity index (χ2v) is 7.78. The molecule has 118 valence electrons. The van der Waals surface area contributed by atoms with Crippen molar-refractivity contribution in [3.63, 3.8) is 0 Å². The summed E-state index contributed by atoms with van der Waals surface area (Å²) in [4.78, 5) is 13.6. The minimum absolute atomic E-state index is 0.165. The van der Waals surface area contributed by atoms with Crippen molar-refractivity contribution in [3.05, 3.63) is 0 Å². The smallest absolute Gasteiger partial charge is 0.410 e. The normalized spacial score (nSPS) is 16.1. The molecular weight excluding hydrogens is 389 g/mol. The average Bonchev–Trinajstić information content (AvgIpc) is 2.27. The van der Waals surface area contributed by atoms with Gasteiger partial charge in [0.2, 0.25) is 0 Å². The van der Waals surface area contributed by atoms with Gasteiger partial charge in [-0.1, -0.05) is 19.3 Å². The van der Waals surface area contributed by atoms with E-state index in [4.69, 9.17) is 8.92 Å². The number of rotatable bonds is 8. The maximum Gasteiger partial charge on any atom is 0.410 e. The van der Waals surface area contributed by atoms with Crippen LogP contribution in [0.15, 0.2) is 0 Å². The first-order valence-electron chi connectivity index (χ1n) is 7.30. The van der Waals surface area contributed by atoms with Crippen molar-refractivity contribution in [2.75, 3.05) is 19.7 Å². The second kappa shape index (κ2) is 9.35. The monoisotopic (exact) mass is 415 g/mol. The summed E-state index contributed by atoms with van der Waals surface area (Å²) in [5.41, 5.74) is -0.388. The standard InChI is InChI=1S/C14H26INO3S/c1-14(2,3)19-13(17)16-10-12(11-16)8-6-4-5-7-9-18-20-15/h12H,4-11H2,1-3H3. The Bertz CT molecular complexity index is 291. The highest BCUT2D eigenvalue weighted by Gasteiger charge is 2.32. The van der Waals surface area contributed by atoms with Crippen LogP contribution < -0.4 is 0 Å². The molecule has 0 saturated carbocycles. The van der Waals surface area contributed by atoms with E-state index in [2.05, 4.69) is 21.2 Å². The minimum atomic E-state index is -0.388. The first-order chi connectivity index (χ1) is 9.42. The largest absolute Gasteiger partial charge is 0.444 e. The van der Waals surface area contributed by atoms with E-state index in [1.807, 2.05) is 20.8 Å². The number of hydrogen-bond acceptors (Lipinski definition) is 4. The molecule has 1 amide bonds. The molecule has 1 saturated heterocycles. The van der Waals surface area contributed by atoms with E-state index >= 15 is 0 Å². The van der Waals surface area contributed by atoms with Crippen LogP contribution in [0.1, 0.15) is 52.9 Å². The van der Waals surface area contributed by atoms with E-state index in [0.717, 1.165) is 26.1 Å². The summed E-state index contributed by atoms with van der Waals surface area (Å²) in [6.45, 7) is 8.30. The molecule has 1 fully saturated rings. The molecule has 1 heterocycles. The van der Waals surface area contributed by atoms with E-state index in [0.29, 0.717) is 5.92 Å². The molecule has 0 N–H and O–H groups in total. The molecule has 0 radical (unpaired) electrons. The summed E-state index contributed by atoms with van der Waals surface area (Å²) < 4.78 is 10.6. The molecular formula is C14H26INO3S. The molecule has 4 nitrogen and oxygen atoms in total. The lowest BCUT2D eigenvalue weighted by Crippen LogP contribution is -2.51. The van der Waals surface area contributed by atoms with Gasteiger partial charge in [-0.2, -0.15) is 0 Å². The Kier molecular flexibility index (Phi) is 8.59. The number of unbranched alkanes of at least 4 members (excludes halogenated alkanes) is 3. The van der Waals surface area contributed by atoms with Crippen molar-refractivity contribution >= 4 is 36.5 Å². The van der Waals surface area contributed by atoms with Crippen LogP contribution in [-0.4, -0.2) is 36.3 Å². The SMILES string of the molecule is CC(C)(C)OC(=O)N1CC(CCCCCCOSI)C1. The van der Waals surface area contributed by atoms with Crippen molar-refractivity contribution in [3.8, 4) is 0 Å². The summed E-state index contributed by atoms with van der Waals surface area (Å²) in [6, 6.07) is 0. The maximum absolute atomic E-state index is 11.8. The first kappa shape index (κ1) is 18.4. The van der Waals surface area contributed by atoms with Crippen LogP contribution in [0, 0.1) is 5.92 Å². The van der Waals surface area contributed by atoms with E-state index < -0.39 is 0 Å². The molecule has 0 aliphatic carbocycles. The van der Waals surface area contributed by atoms with Crippen molar-refractivity contribution in [2.45, 2.75) is 58.5 Å². The third-order valence-electron chi connectivity index (χ3n) is 3.24. The van der Waals surface area contributed by atoms with Gasteiger partial charge in [0.05, 0.1) is 15.8 Å². The van der Waals surface area contributed by atoms with Gasteiger partial charge < -0.3 is 13.8 Å². The van der Waals surface area contributed by atoms with Crippen molar-refractivity contribution in [1.82, 2.24) is 4.90 Å². The van der Waals surface area contributed by atoms with Gasteiger partial charge in [-0.05, 0) is 39.5 Å². The number of carbonyl (C=O) groups excluding carboxylic acids is 1. The summed E-state index contributed by atoms with van der Waals surface area (Å²) in [5, 5.41) is 0. The van der Waals surface area contributed by atoms with Crippen LogP contribution in [0.25, 0.3) is 0 Å². The molecule has 0 aromatic heterocycles. The fraction of sp³-hybridized carbons (Fsp3) is 0.929. The Labute approximate surface area is 139 Å². The Balaban J connectivity index is 1.96. The zero-order valence-corrected chi connectivity index (χ0v) is 15.7. The fourth-order valence-corrected chi connectivity index (χ4v) is 2.93. The summed E-state index contributed by atoms with van der Waals surface area (Å²) >= 11 is 2.14. The zero-order chi connectivity index (χ0) is 15.0. The average molecular weight is 415 g/mol. The molecule has 0 unspecified atom stereocenters. The minimum Gasteiger partial charge on any atom is -0.444 e. The molecule has 0 aromatic carbocycles. The molecule has 0 atom stereocenters. The van der Waals surface area contributed by atoms with Gasteiger partial charge in [0.25, 0.3) is 0 Å². The van der Waals surface area contributed by atoms with Crippen LogP contribution in [0.4, 0.5) is 4.79 Å². The molecule has 6 heteroatoms. The Morgan fingerprint density at radius 3 is 2.50 bits per heavy atom.